The lowest BCUT2D eigenvalue weighted by Gasteiger charge is -2.39. The molecule has 1 aromatic carbocycles. The van der Waals surface area contributed by atoms with Crippen molar-refractivity contribution < 1.29 is 18.0 Å². The second-order valence-corrected chi connectivity index (χ2v) is 6.18. The van der Waals surface area contributed by atoms with Crippen LogP contribution in [0.25, 0.3) is 0 Å². The zero-order chi connectivity index (χ0) is 16.4. The van der Waals surface area contributed by atoms with Gasteiger partial charge in [-0.25, -0.2) is 4.79 Å². The fraction of sp³-hybridized carbons (Fsp3) is 0.533. The van der Waals surface area contributed by atoms with Gasteiger partial charge in [-0.2, -0.15) is 13.2 Å². The molecule has 1 fully saturated rings. The van der Waals surface area contributed by atoms with E-state index in [1.807, 2.05) is 0 Å². The SMILES string of the molecule is CC1(C)CNCCC1NC(=O)Nc1ccc(C(F)(F)F)cc1. The summed E-state index contributed by atoms with van der Waals surface area (Å²) >= 11 is 0. The molecule has 1 atom stereocenters. The third kappa shape index (κ3) is 4.13. The predicted octanol–water partition coefficient (Wildman–Crippen LogP) is 3.22. The molecule has 7 heteroatoms. The van der Waals surface area contributed by atoms with Gasteiger partial charge < -0.3 is 16.0 Å². The number of anilines is 1. The number of carbonyl (C=O) groups is 1. The van der Waals surface area contributed by atoms with Crippen LogP contribution >= 0.6 is 0 Å². The lowest BCUT2D eigenvalue weighted by molar-refractivity contribution is -0.137. The monoisotopic (exact) mass is 315 g/mol. The van der Waals surface area contributed by atoms with Crippen molar-refractivity contribution in [3.05, 3.63) is 29.8 Å². The second-order valence-electron chi connectivity index (χ2n) is 6.18. The number of benzene rings is 1. The lowest BCUT2D eigenvalue weighted by Crippen LogP contribution is -2.55. The molecule has 4 nitrogen and oxygen atoms in total. The number of carbonyl (C=O) groups excluding carboxylic acids is 1. The molecule has 1 unspecified atom stereocenters. The van der Waals surface area contributed by atoms with E-state index in [0.29, 0.717) is 5.69 Å². The summed E-state index contributed by atoms with van der Waals surface area (Å²) in [7, 11) is 0. The smallest absolute Gasteiger partial charge is 0.335 e. The number of halogens is 3. The third-order valence-corrected chi connectivity index (χ3v) is 3.91. The van der Waals surface area contributed by atoms with Crippen LogP contribution in [0, 0.1) is 5.41 Å². The normalized spacial score (nSPS) is 21.2. The number of urea groups is 1. The molecule has 0 spiro atoms. The first-order chi connectivity index (χ1) is 10.2. The van der Waals surface area contributed by atoms with Gasteiger partial charge in [0.15, 0.2) is 0 Å². The van der Waals surface area contributed by atoms with Crippen molar-refractivity contribution >= 4 is 11.7 Å². The van der Waals surface area contributed by atoms with Crippen LogP contribution in [0.2, 0.25) is 0 Å². The van der Waals surface area contributed by atoms with Crippen molar-refractivity contribution in [1.82, 2.24) is 10.6 Å². The number of nitrogens with one attached hydrogen (secondary N) is 3. The van der Waals surface area contributed by atoms with E-state index < -0.39 is 17.8 Å². The minimum Gasteiger partial charge on any atom is -0.335 e. The topological polar surface area (TPSA) is 53.2 Å². The van der Waals surface area contributed by atoms with E-state index >= 15 is 0 Å². The zero-order valence-corrected chi connectivity index (χ0v) is 12.6. The van der Waals surface area contributed by atoms with Gasteiger partial charge in [0.1, 0.15) is 0 Å². The fourth-order valence-corrected chi connectivity index (χ4v) is 2.51. The van der Waals surface area contributed by atoms with Crippen LogP contribution < -0.4 is 16.0 Å². The fourth-order valence-electron chi connectivity index (χ4n) is 2.51. The molecule has 1 aliphatic rings. The maximum absolute atomic E-state index is 12.5. The number of hydrogen-bond donors (Lipinski definition) is 3. The molecule has 0 aliphatic carbocycles. The van der Waals surface area contributed by atoms with Gasteiger partial charge in [-0.05, 0) is 42.6 Å². The van der Waals surface area contributed by atoms with Crippen molar-refractivity contribution in [3.8, 4) is 0 Å². The molecule has 0 radical (unpaired) electrons. The summed E-state index contributed by atoms with van der Waals surface area (Å²) in [5.41, 5.74) is -0.481. The first kappa shape index (κ1) is 16.6. The predicted molar refractivity (Wildman–Crippen MR) is 78.7 cm³/mol. The van der Waals surface area contributed by atoms with Crippen LogP contribution in [-0.2, 0) is 6.18 Å². The van der Waals surface area contributed by atoms with E-state index in [9.17, 15) is 18.0 Å². The highest BCUT2D eigenvalue weighted by Crippen LogP contribution is 2.30. The van der Waals surface area contributed by atoms with Gasteiger partial charge in [0, 0.05) is 18.3 Å². The highest BCUT2D eigenvalue weighted by Gasteiger charge is 2.33. The third-order valence-electron chi connectivity index (χ3n) is 3.91. The molecule has 122 valence electrons. The average Bonchev–Trinajstić information content (AvgIpc) is 2.40. The minimum absolute atomic E-state index is 0.0169. The average molecular weight is 315 g/mol. The van der Waals surface area contributed by atoms with Crippen LogP contribution in [0.15, 0.2) is 24.3 Å². The number of alkyl halides is 3. The Labute approximate surface area is 127 Å². The summed E-state index contributed by atoms with van der Waals surface area (Å²) in [5.74, 6) is 0. The van der Waals surface area contributed by atoms with Crippen LogP contribution in [0.4, 0.5) is 23.7 Å². The Morgan fingerprint density at radius 1 is 1.27 bits per heavy atom. The number of rotatable bonds is 2. The van der Waals surface area contributed by atoms with Gasteiger partial charge in [0.25, 0.3) is 0 Å². The van der Waals surface area contributed by atoms with Crippen LogP contribution in [0.1, 0.15) is 25.8 Å². The number of piperidine rings is 1. The van der Waals surface area contributed by atoms with Gasteiger partial charge in [-0.1, -0.05) is 13.8 Å². The number of amides is 2. The van der Waals surface area contributed by atoms with Gasteiger partial charge in [-0.3, -0.25) is 0 Å². The maximum Gasteiger partial charge on any atom is 0.416 e. The zero-order valence-electron chi connectivity index (χ0n) is 12.6. The Balaban J connectivity index is 1.94. The molecule has 0 saturated carbocycles. The molecule has 22 heavy (non-hydrogen) atoms. The van der Waals surface area contributed by atoms with Crippen molar-refractivity contribution in [1.29, 1.82) is 0 Å². The van der Waals surface area contributed by atoms with Gasteiger partial charge in [-0.15, -0.1) is 0 Å². The van der Waals surface area contributed by atoms with Gasteiger partial charge in [0.05, 0.1) is 5.56 Å². The molecule has 1 aliphatic heterocycles. The molecule has 0 bridgehead atoms. The van der Waals surface area contributed by atoms with Gasteiger partial charge >= 0.3 is 12.2 Å². The number of hydrogen-bond acceptors (Lipinski definition) is 2. The summed E-state index contributed by atoms with van der Waals surface area (Å²) < 4.78 is 37.4. The summed E-state index contributed by atoms with van der Waals surface area (Å²) in [4.78, 5) is 12.0. The Hall–Kier alpha value is -1.76. The molecule has 2 rings (SSSR count). The summed E-state index contributed by atoms with van der Waals surface area (Å²) in [6.45, 7) is 5.75. The van der Waals surface area contributed by atoms with Crippen molar-refractivity contribution in [3.63, 3.8) is 0 Å². The Morgan fingerprint density at radius 3 is 2.45 bits per heavy atom. The van der Waals surface area contributed by atoms with E-state index in [1.54, 1.807) is 0 Å². The highest BCUT2D eigenvalue weighted by molar-refractivity contribution is 5.89. The molecule has 0 aromatic heterocycles. The van der Waals surface area contributed by atoms with Gasteiger partial charge in [0.2, 0.25) is 0 Å². The van der Waals surface area contributed by atoms with Crippen molar-refractivity contribution in [2.75, 3.05) is 18.4 Å². The first-order valence-corrected chi connectivity index (χ1v) is 7.14. The summed E-state index contributed by atoms with van der Waals surface area (Å²) in [5, 5.41) is 8.73. The lowest BCUT2D eigenvalue weighted by atomic mass is 9.80. The van der Waals surface area contributed by atoms with E-state index in [2.05, 4.69) is 29.8 Å². The van der Waals surface area contributed by atoms with Crippen LogP contribution in [0.5, 0.6) is 0 Å². The standard InChI is InChI=1S/C15H20F3N3O/c1-14(2)9-19-8-7-12(14)21-13(22)20-11-5-3-10(4-6-11)15(16,17)18/h3-6,12,19H,7-9H2,1-2H3,(H2,20,21,22). The minimum atomic E-state index is -4.38. The van der Waals surface area contributed by atoms with E-state index in [-0.39, 0.29) is 11.5 Å². The van der Waals surface area contributed by atoms with Crippen molar-refractivity contribution in [2.45, 2.75) is 32.5 Å². The Morgan fingerprint density at radius 2 is 1.91 bits per heavy atom. The molecule has 1 saturated heterocycles. The summed E-state index contributed by atoms with van der Waals surface area (Å²) in [6.07, 6.45) is -3.56. The van der Waals surface area contributed by atoms with Crippen LogP contribution in [-0.4, -0.2) is 25.2 Å². The first-order valence-electron chi connectivity index (χ1n) is 7.14. The van der Waals surface area contributed by atoms with E-state index in [1.165, 1.54) is 12.1 Å². The molecule has 1 aromatic rings. The Bertz CT molecular complexity index is 526. The largest absolute Gasteiger partial charge is 0.416 e. The van der Waals surface area contributed by atoms with Crippen LogP contribution in [0.3, 0.4) is 0 Å². The molecular formula is C15H20F3N3O. The summed E-state index contributed by atoms with van der Waals surface area (Å²) in [6, 6.07) is 4.00. The van der Waals surface area contributed by atoms with E-state index in [0.717, 1.165) is 31.6 Å². The molecule has 1 heterocycles. The second kappa shape index (κ2) is 6.16. The maximum atomic E-state index is 12.5. The highest BCUT2D eigenvalue weighted by atomic mass is 19.4. The van der Waals surface area contributed by atoms with E-state index in [4.69, 9.17) is 0 Å². The molecule has 3 N–H and O–H groups in total. The quantitative estimate of drug-likeness (QED) is 0.785. The molecular weight excluding hydrogens is 295 g/mol. The molecule has 2 amide bonds. The van der Waals surface area contributed by atoms with Crippen molar-refractivity contribution in [2.24, 2.45) is 5.41 Å². The Kier molecular flexibility index (Phi) is 4.65.